The van der Waals surface area contributed by atoms with Crippen LogP contribution in [0.1, 0.15) is 27.9 Å². The fraction of sp³-hybridized carbons (Fsp3) is 0.263. The van der Waals surface area contributed by atoms with Gasteiger partial charge in [-0.15, -0.1) is 0 Å². The second kappa shape index (κ2) is 7.34. The molecule has 0 fully saturated rings. The number of anilines is 1. The van der Waals surface area contributed by atoms with Crippen LogP contribution in [0, 0.1) is 5.82 Å². The summed E-state index contributed by atoms with van der Waals surface area (Å²) in [6.07, 6.45) is 2.07. The minimum Gasteiger partial charge on any atom is -0.373 e. The van der Waals surface area contributed by atoms with E-state index < -0.39 is 11.9 Å². The molecule has 5 nitrogen and oxygen atoms in total. The van der Waals surface area contributed by atoms with Crippen molar-refractivity contribution in [2.45, 2.75) is 25.3 Å². The minimum atomic E-state index is -0.655. The van der Waals surface area contributed by atoms with Crippen LogP contribution in [0.3, 0.4) is 0 Å². The second-order valence-electron chi connectivity index (χ2n) is 6.16. The van der Waals surface area contributed by atoms with Crippen LogP contribution in [0.2, 0.25) is 0 Å². The van der Waals surface area contributed by atoms with Gasteiger partial charge in [-0.1, -0.05) is 18.2 Å². The second-order valence-corrected chi connectivity index (χ2v) is 6.16. The Balaban J connectivity index is 1.79. The van der Waals surface area contributed by atoms with Crippen LogP contribution in [0.5, 0.6) is 0 Å². The molecule has 0 saturated heterocycles. The number of nitrogens with two attached hydrogens (primary N) is 1. The van der Waals surface area contributed by atoms with Gasteiger partial charge >= 0.3 is 0 Å². The molecule has 1 heterocycles. The summed E-state index contributed by atoms with van der Waals surface area (Å²) in [7, 11) is 0. The molecule has 4 N–H and O–H groups in total. The predicted octanol–water partition coefficient (Wildman–Crippen LogP) is 2.01. The van der Waals surface area contributed by atoms with E-state index in [0.29, 0.717) is 24.2 Å². The standard InChI is InChI=1S/C19H20FN3O2/c20-14-6-3-12(4-7-14)10-17(18(21)24)23-15-8-5-13-2-1-9-22-19(25)16(13)11-15/h3-8,11,17,23H,1-2,9-10H2,(H2,21,24)(H,22,25). The number of primary amides is 1. The highest BCUT2D eigenvalue weighted by molar-refractivity contribution is 5.97. The average molecular weight is 341 g/mol. The summed E-state index contributed by atoms with van der Waals surface area (Å²) in [5.41, 5.74) is 8.56. The Morgan fingerprint density at radius 3 is 2.72 bits per heavy atom. The number of fused-ring (bicyclic) bond motifs is 1. The van der Waals surface area contributed by atoms with Crippen molar-refractivity contribution in [1.82, 2.24) is 5.32 Å². The van der Waals surface area contributed by atoms with Gasteiger partial charge in [0.25, 0.3) is 5.91 Å². The zero-order valence-corrected chi connectivity index (χ0v) is 13.7. The Morgan fingerprint density at radius 1 is 1.24 bits per heavy atom. The zero-order valence-electron chi connectivity index (χ0n) is 13.7. The van der Waals surface area contributed by atoms with Crippen molar-refractivity contribution >= 4 is 17.5 Å². The molecule has 0 radical (unpaired) electrons. The maximum atomic E-state index is 13.0. The van der Waals surface area contributed by atoms with E-state index in [1.165, 1.54) is 12.1 Å². The third-order valence-corrected chi connectivity index (χ3v) is 4.30. The van der Waals surface area contributed by atoms with Crippen molar-refractivity contribution in [3.63, 3.8) is 0 Å². The highest BCUT2D eigenvalue weighted by Gasteiger charge is 2.19. The van der Waals surface area contributed by atoms with Gasteiger partial charge < -0.3 is 16.4 Å². The van der Waals surface area contributed by atoms with Gasteiger partial charge in [-0.05, 0) is 48.2 Å². The molecular weight excluding hydrogens is 321 g/mol. The topological polar surface area (TPSA) is 84.2 Å². The number of hydrogen-bond donors (Lipinski definition) is 3. The highest BCUT2D eigenvalue weighted by atomic mass is 19.1. The largest absolute Gasteiger partial charge is 0.373 e. The molecule has 1 aliphatic heterocycles. The van der Waals surface area contributed by atoms with E-state index >= 15 is 0 Å². The lowest BCUT2D eigenvalue weighted by molar-refractivity contribution is -0.118. The van der Waals surface area contributed by atoms with Crippen LogP contribution in [-0.4, -0.2) is 24.4 Å². The molecule has 25 heavy (non-hydrogen) atoms. The predicted molar refractivity (Wildman–Crippen MR) is 93.8 cm³/mol. The monoisotopic (exact) mass is 341 g/mol. The van der Waals surface area contributed by atoms with E-state index in [2.05, 4.69) is 10.6 Å². The van der Waals surface area contributed by atoms with Gasteiger partial charge in [0.05, 0.1) is 0 Å². The number of hydrogen-bond acceptors (Lipinski definition) is 3. The Labute approximate surface area is 145 Å². The van der Waals surface area contributed by atoms with Crippen molar-refractivity contribution in [3.8, 4) is 0 Å². The van der Waals surface area contributed by atoms with Crippen LogP contribution in [0.15, 0.2) is 42.5 Å². The van der Waals surface area contributed by atoms with Crippen LogP contribution in [0.4, 0.5) is 10.1 Å². The fourth-order valence-corrected chi connectivity index (χ4v) is 2.95. The van der Waals surface area contributed by atoms with Gasteiger partial charge in [-0.2, -0.15) is 0 Å². The zero-order chi connectivity index (χ0) is 17.8. The quantitative estimate of drug-likeness (QED) is 0.778. The first-order chi connectivity index (χ1) is 12.0. The smallest absolute Gasteiger partial charge is 0.251 e. The molecule has 1 unspecified atom stereocenters. The third-order valence-electron chi connectivity index (χ3n) is 4.30. The van der Waals surface area contributed by atoms with E-state index in [9.17, 15) is 14.0 Å². The summed E-state index contributed by atoms with van der Waals surface area (Å²) in [5, 5.41) is 5.94. The SMILES string of the molecule is NC(=O)C(Cc1ccc(F)cc1)Nc1ccc2c(c1)C(=O)NCCC2. The molecule has 0 bridgehead atoms. The summed E-state index contributed by atoms with van der Waals surface area (Å²) in [4.78, 5) is 23.9. The number of aryl methyl sites for hydroxylation is 1. The molecule has 130 valence electrons. The molecule has 1 aliphatic rings. The molecule has 0 saturated carbocycles. The Morgan fingerprint density at radius 2 is 2.00 bits per heavy atom. The Bertz CT molecular complexity index is 790. The van der Waals surface area contributed by atoms with E-state index in [0.717, 1.165) is 24.0 Å². The highest BCUT2D eigenvalue weighted by Crippen LogP contribution is 2.20. The maximum Gasteiger partial charge on any atom is 0.251 e. The number of halogens is 1. The third kappa shape index (κ3) is 4.15. The van der Waals surface area contributed by atoms with Crippen molar-refractivity contribution in [1.29, 1.82) is 0 Å². The summed E-state index contributed by atoms with van der Waals surface area (Å²) in [6, 6.07) is 10.8. The Hall–Kier alpha value is -2.89. The molecule has 3 rings (SSSR count). The average Bonchev–Trinajstić information content (AvgIpc) is 2.78. The van der Waals surface area contributed by atoms with Crippen LogP contribution >= 0.6 is 0 Å². The van der Waals surface area contributed by atoms with Gasteiger partial charge in [0.2, 0.25) is 5.91 Å². The van der Waals surface area contributed by atoms with Crippen molar-refractivity contribution in [2.24, 2.45) is 5.73 Å². The minimum absolute atomic E-state index is 0.106. The molecule has 0 aromatic heterocycles. The van der Waals surface area contributed by atoms with Crippen molar-refractivity contribution in [2.75, 3.05) is 11.9 Å². The molecule has 6 heteroatoms. The van der Waals surface area contributed by atoms with E-state index in [1.807, 2.05) is 12.1 Å². The number of nitrogens with one attached hydrogen (secondary N) is 2. The van der Waals surface area contributed by atoms with Crippen molar-refractivity contribution in [3.05, 3.63) is 65.0 Å². The summed E-state index contributed by atoms with van der Waals surface area (Å²) in [5.74, 6) is -0.946. The summed E-state index contributed by atoms with van der Waals surface area (Å²) >= 11 is 0. The lowest BCUT2D eigenvalue weighted by Crippen LogP contribution is -2.37. The molecule has 0 aliphatic carbocycles. The van der Waals surface area contributed by atoms with E-state index in [1.54, 1.807) is 18.2 Å². The Kier molecular flexibility index (Phi) is 4.97. The van der Waals surface area contributed by atoms with Gasteiger partial charge in [0.15, 0.2) is 0 Å². The van der Waals surface area contributed by atoms with Crippen molar-refractivity contribution < 1.29 is 14.0 Å². The first-order valence-electron chi connectivity index (χ1n) is 8.24. The molecule has 2 aromatic rings. The van der Waals surface area contributed by atoms with Crippen LogP contribution < -0.4 is 16.4 Å². The van der Waals surface area contributed by atoms with E-state index in [-0.39, 0.29) is 11.7 Å². The lowest BCUT2D eigenvalue weighted by Gasteiger charge is -2.18. The molecule has 1 atom stereocenters. The number of rotatable bonds is 5. The van der Waals surface area contributed by atoms with Gasteiger partial charge in [-0.25, -0.2) is 4.39 Å². The number of carbonyl (C=O) groups excluding carboxylic acids is 2. The molecule has 0 spiro atoms. The number of benzene rings is 2. The number of amides is 2. The normalized spacial score (nSPS) is 14.8. The maximum absolute atomic E-state index is 13.0. The van der Waals surface area contributed by atoms with Gasteiger partial charge in [0.1, 0.15) is 11.9 Å². The lowest BCUT2D eigenvalue weighted by atomic mass is 10.0. The fourth-order valence-electron chi connectivity index (χ4n) is 2.95. The summed E-state index contributed by atoms with van der Waals surface area (Å²) in [6.45, 7) is 0.657. The van der Waals surface area contributed by atoms with Gasteiger partial charge in [-0.3, -0.25) is 9.59 Å². The first kappa shape index (κ1) is 17.0. The van der Waals surface area contributed by atoms with Crippen LogP contribution in [0.25, 0.3) is 0 Å². The first-order valence-corrected chi connectivity index (χ1v) is 8.24. The number of carbonyl (C=O) groups is 2. The van der Waals surface area contributed by atoms with Crippen LogP contribution in [-0.2, 0) is 17.6 Å². The van der Waals surface area contributed by atoms with Gasteiger partial charge in [0, 0.05) is 24.2 Å². The molecule has 2 amide bonds. The molecule has 2 aromatic carbocycles. The molecular formula is C19H20FN3O2. The summed E-state index contributed by atoms with van der Waals surface area (Å²) < 4.78 is 13.0. The van der Waals surface area contributed by atoms with E-state index in [4.69, 9.17) is 5.73 Å².